The molecule has 0 saturated carbocycles. The molecule has 0 spiro atoms. The average Bonchev–Trinajstić information content (AvgIpc) is 2.84. The Hall–Kier alpha value is -3.22. The number of ether oxygens (including phenoxy) is 1. The summed E-state index contributed by atoms with van der Waals surface area (Å²) >= 11 is 0. The molecule has 0 amide bonds. The molecule has 3 heterocycles. The summed E-state index contributed by atoms with van der Waals surface area (Å²) in [7, 11) is 1.85. The largest absolute Gasteiger partial charge is 0.456 e. The third-order valence-electron chi connectivity index (χ3n) is 4.25. The first-order valence-electron chi connectivity index (χ1n) is 8.20. The lowest BCUT2D eigenvalue weighted by Crippen LogP contribution is -2.17. The lowest BCUT2D eigenvalue weighted by molar-refractivity contribution is -0.139. The Labute approximate surface area is 150 Å². The van der Waals surface area contributed by atoms with Gasteiger partial charge in [0, 0.05) is 36.6 Å². The van der Waals surface area contributed by atoms with E-state index in [-0.39, 0.29) is 12.2 Å². The molecule has 0 radical (unpaired) electrons. The van der Waals surface area contributed by atoms with Crippen LogP contribution in [-0.4, -0.2) is 25.1 Å². The molecule has 7 nitrogen and oxygen atoms in total. The summed E-state index contributed by atoms with van der Waals surface area (Å²) in [5.41, 5.74) is 4.34. The number of aryl methyl sites for hydroxylation is 3. The Morgan fingerprint density at radius 2 is 2.08 bits per heavy atom. The second kappa shape index (κ2) is 6.95. The van der Waals surface area contributed by atoms with Crippen LogP contribution in [0.5, 0.6) is 0 Å². The molecule has 0 aliphatic carbocycles. The fourth-order valence-corrected chi connectivity index (χ4v) is 2.76. The van der Waals surface area contributed by atoms with Crippen molar-refractivity contribution in [2.45, 2.75) is 27.4 Å². The van der Waals surface area contributed by atoms with E-state index in [1.165, 1.54) is 16.5 Å². The fourth-order valence-electron chi connectivity index (χ4n) is 2.76. The van der Waals surface area contributed by atoms with Crippen LogP contribution in [0.4, 0.5) is 0 Å². The summed E-state index contributed by atoms with van der Waals surface area (Å²) in [5, 5.41) is 4.30. The van der Waals surface area contributed by atoms with Crippen LogP contribution in [0.1, 0.15) is 28.2 Å². The summed E-state index contributed by atoms with van der Waals surface area (Å²) in [5.74, 6) is -0.501. The monoisotopic (exact) mass is 352 g/mol. The molecule has 3 aromatic heterocycles. The zero-order valence-corrected chi connectivity index (χ0v) is 15.2. The van der Waals surface area contributed by atoms with Crippen molar-refractivity contribution in [2.24, 2.45) is 7.05 Å². The number of carbonyl (C=O) groups excluding carboxylic acids is 1. The molecular formula is C19H20N4O3. The standard InChI is InChI=1S/C19H20N4O3/c1-12-6-5-9-23-17(24)10-15(20-19(12)23)11-26-18(25)8-7-16-13(2)21-22(4)14(16)3/h5-10H,11H2,1-4H3/b8-7+. The van der Waals surface area contributed by atoms with Crippen LogP contribution in [-0.2, 0) is 23.2 Å². The number of hydrogen-bond acceptors (Lipinski definition) is 5. The lowest BCUT2D eigenvalue weighted by Gasteiger charge is -2.06. The maximum Gasteiger partial charge on any atom is 0.331 e. The molecule has 0 unspecified atom stereocenters. The van der Waals surface area contributed by atoms with Gasteiger partial charge >= 0.3 is 5.97 Å². The number of carbonyl (C=O) groups is 1. The van der Waals surface area contributed by atoms with Gasteiger partial charge in [0.2, 0.25) is 0 Å². The molecule has 3 rings (SSSR count). The molecule has 7 heteroatoms. The number of hydrogen-bond donors (Lipinski definition) is 0. The molecule has 0 bridgehead atoms. The minimum absolute atomic E-state index is 0.0613. The summed E-state index contributed by atoms with van der Waals surface area (Å²) in [4.78, 5) is 28.5. The first kappa shape index (κ1) is 17.6. The number of fused-ring (bicyclic) bond motifs is 1. The zero-order valence-electron chi connectivity index (χ0n) is 15.2. The Morgan fingerprint density at radius 1 is 1.31 bits per heavy atom. The Morgan fingerprint density at radius 3 is 2.77 bits per heavy atom. The first-order chi connectivity index (χ1) is 12.4. The van der Waals surface area contributed by atoms with Gasteiger partial charge in [-0.2, -0.15) is 5.10 Å². The van der Waals surface area contributed by atoms with E-state index in [1.54, 1.807) is 23.0 Å². The van der Waals surface area contributed by atoms with Crippen LogP contribution in [0.15, 0.2) is 35.3 Å². The van der Waals surface area contributed by atoms with E-state index in [0.29, 0.717) is 11.3 Å². The molecule has 0 aliphatic rings. The van der Waals surface area contributed by atoms with Crippen molar-refractivity contribution in [2.75, 3.05) is 0 Å². The third-order valence-corrected chi connectivity index (χ3v) is 4.25. The van der Waals surface area contributed by atoms with E-state index in [1.807, 2.05) is 33.9 Å². The van der Waals surface area contributed by atoms with Crippen LogP contribution >= 0.6 is 0 Å². The SMILES string of the molecule is Cc1nn(C)c(C)c1/C=C/C(=O)OCc1cc(=O)n2cccc(C)c2n1. The highest BCUT2D eigenvalue weighted by Gasteiger charge is 2.08. The topological polar surface area (TPSA) is 78.5 Å². The fraction of sp³-hybridized carbons (Fsp3) is 0.263. The second-order valence-electron chi connectivity index (χ2n) is 6.12. The zero-order chi connectivity index (χ0) is 18.8. The average molecular weight is 352 g/mol. The first-order valence-corrected chi connectivity index (χ1v) is 8.20. The predicted molar refractivity (Wildman–Crippen MR) is 97.7 cm³/mol. The normalized spacial score (nSPS) is 11.4. The van der Waals surface area contributed by atoms with Gasteiger partial charge in [0.15, 0.2) is 0 Å². The lowest BCUT2D eigenvalue weighted by atomic mass is 10.2. The van der Waals surface area contributed by atoms with Crippen molar-refractivity contribution >= 4 is 17.7 Å². The number of nitrogens with zero attached hydrogens (tertiary/aromatic N) is 4. The summed E-state index contributed by atoms with van der Waals surface area (Å²) in [6.07, 6.45) is 4.71. The van der Waals surface area contributed by atoms with Gasteiger partial charge in [-0.1, -0.05) is 6.07 Å². The van der Waals surface area contributed by atoms with Crippen LogP contribution in [0.3, 0.4) is 0 Å². The molecule has 0 atom stereocenters. The van der Waals surface area contributed by atoms with Crippen molar-refractivity contribution in [1.82, 2.24) is 19.2 Å². The molecule has 3 aromatic rings. The second-order valence-corrected chi connectivity index (χ2v) is 6.12. The van der Waals surface area contributed by atoms with Crippen LogP contribution in [0.25, 0.3) is 11.7 Å². The molecule has 26 heavy (non-hydrogen) atoms. The Bertz CT molecular complexity index is 1080. The maximum absolute atomic E-state index is 12.1. The van der Waals surface area contributed by atoms with Crippen LogP contribution in [0.2, 0.25) is 0 Å². The molecular weight excluding hydrogens is 332 g/mol. The summed E-state index contributed by atoms with van der Waals surface area (Å²) < 4.78 is 8.44. The maximum atomic E-state index is 12.1. The van der Waals surface area contributed by atoms with Crippen molar-refractivity contribution in [3.8, 4) is 0 Å². The van der Waals surface area contributed by atoms with Crippen LogP contribution < -0.4 is 5.56 Å². The van der Waals surface area contributed by atoms with Gasteiger partial charge in [-0.15, -0.1) is 0 Å². The van der Waals surface area contributed by atoms with Crippen molar-refractivity contribution in [3.63, 3.8) is 0 Å². The summed E-state index contributed by atoms with van der Waals surface area (Å²) in [6, 6.07) is 5.04. The van der Waals surface area contributed by atoms with Gasteiger partial charge in [-0.05, 0) is 38.5 Å². The highest BCUT2D eigenvalue weighted by molar-refractivity contribution is 5.87. The van der Waals surface area contributed by atoms with Gasteiger partial charge in [-0.3, -0.25) is 13.9 Å². The highest BCUT2D eigenvalue weighted by atomic mass is 16.5. The van der Waals surface area contributed by atoms with Gasteiger partial charge in [0.1, 0.15) is 12.3 Å². The molecule has 0 saturated heterocycles. The minimum atomic E-state index is -0.501. The van der Waals surface area contributed by atoms with Gasteiger partial charge in [0.25, 0.3) is 5.56 Å². The molecule has 0 aromatic carbocycles. The van der Waals surface area contributed by atoms with E-state index < -0.39 is 5.97 Å². The molecule has 0 N–H and O–H groups in total. The van der Waals surface area contributed by atoms with Gasteiger partial charge in [-0.25, -0.2) is 9.78 Å². The summed E-state index contributed by atoms with van der Waals surface area (Å²) in [6.45, 7) is 5.62. The Kier molecular flexibility index (Phi) is 4.71. The third kappa shape index (κ3) is 3.42. The molecule has 0 fully saturated rings. The molecule has 134 valence electrons. The molecule has 0 aliphatic heterocycles. The number of esters is 1. The number of pyridine rings is 1. The van der Waals surface area contributed by atoms with E-state index in [0.717, 1.165) is 22.5 Å². The van der Waals surface area contributed by atoms with E-state index in [9.17, 15) is 9.59 Å². The predicted octanol–water partition coefficient (Wildman–Crippen LogP) is 2.11. The minimum Gasteiger partial charge on any atom is -0.456 e. The van der Waals surface area contributed by atoms with E-state index in [2.05, 4.69) is 10.1 Å². The van der Waals surface area contributed by atoms with E-state index >= 15 is 0 Å². The number of aromatic nitrogens is 4. The van der Waals surface area contributed by atoms with Crippen molar-refractivity contribution < 1.29 is 9.53 Å². The smallest absolute Gasteiger partial charge is 0.331 e. The van der Waals surface area contributed by atoms with E-state index in [4.69, 9.17) is 4.74 Å². The van der Waals surface area contributed by atoms with Gasteiger partial charge < -0.3 is 4.74 Å². The Balaban J connectivity index is 1.74. The van der Waals surface area contributed by atoms with Crippen molar-refractivity contribution in [1.29, 1.82) is 0 Å². The van der Waals surface area contributed by atoms with Crippen LogP contribution in [0, 0.1) is 20.8 Å². The highest BCUT2D eigenvalue weighted by Crippen LogP contribution is 2.13. The van der Waals surface area contributed by atoms with Crippen molar-refractivity contribution in [3.05, 3.63) is 69.0 Å². The number of rotatable bonds is 4. The van der Waals surface area contributed by atoms with Gasteiger partial charge in [0.05, 0.1) is 11.4 Å². The quantitative estimate of drug-likeness (QED) is 0.531.